The van der Waals surface area contributed by atoms with Crippen LogP contribution < -0.4 is 0 Å². The minimum Gasteiger partial charge on any atom is -0.348 e. The third-order valence-electron chi connectivity index (χ3n) is 2.23. The molecule has 3 heteroatoms. The van der Waals surface area contributed by atoms with E-state index < -0.39 is 5.79 Å². The lowest BCUT2D eigenvalue weighted by Crippen LogP contribution is -2.28. The molecule has 1 fully saturated rings. The van der Waals surface area contributed by atoms with Crippen LogP contribution in [0.15, 0.2) is 0 Å². The first-order valence-corrected chi connectivity index (χ1v) is 4.24. The van der Waals surface area contributed by atoms with Crippen LogP contribution >= 0.6 is 0 Å². The average Bonchev–Trinajstić information content (AvgIpc) is 2.28. The largest absolute Gasteiger partial charge is 0.348 e. The summed E-state index contributed by atoms with van der Waals surface area (Å²) in [5, 5.41) is 0. The predicted molar refractivity (Wildman–Crippen MR) is 44.7 cm³/mol. The molecule has 1 rings (SSSR count). The van der Waals surface area contributed by atoms with Gasteiger partial charge in [-0.1, -0.05) is 6.92 Å². The van der Waals surface area contributed by atoms with E-state index in [-0.39, 0.29) is 17.8 Å². The normalized spacial score (nSPS) is 30.2. The van der Waals surface area contributed by atoms with Gasteiger partial charge < -0.3 is 9.47 Å². The molecule has 0 amide bonds. The summed E-state index contributed by atoms with van der Waals surface area (Å²) >= 11 is 0. The van der Waals surface area contributed by atoms with E-state index >= 15 is 0 Å². The molecule has 1 heterocycles. The first kappa shape index (κ1) is 9.68. The first-order valence-electron chi connectivity index (χ1n) is 4.24. The molecule has 0 bridgehead atoms. The summed E-state index contributed by atoms with van der Waals surface area (Å²) in [6.07, 6.45) is -0.0718. The molecule has 0 aliphatic carbocycles. The molecule has 1 aliphatic heterocycles. The van der Waals surface area contributed by atoms with Crippen LogP contribution in [0, 0.1) is 5.92 Å². The van der Waals surface area contributed by atoms with E-state index in [0.717, 1.165) is 0 Å². The quantitative estimate of drug-likeness (QED) is 0.631. The number of ketones is 1. The Bertz CT molecular complexity index is 186. The lowest BCUT2D eigenvalue weighted by Gasteiger charge is -2.19. The van der Waals surface area contributed by atoms with Crippen molar-refractivity contribution in [3.8, 4) is 0 Å². The van der Waals surface area contributed by atoms with Crippen LogP contribution in [-0.4, -0.2) is 24.3 Å². The number of Topliss-reactive ketones (excluding diaryl/α,β-unsaturated/α-hetero) is 1. The van der Waals surface area contributed by atoms with Crippen LogP contribution in [0.25, 0.3) is 0 Å². The molecule has 0 radical (unpaired) electrons. The Hall–Kier alpha value is -0.410. The van der Waals surface area contributed by atoms with Gasteiger partial charge in [-0.25, -0.2) is 0 Å². The van der Waals surface area contributed by atoms with Gasteiger partial charge in [0, 0.05) is 5.92 Å². The van der Waals surface area contributed by atoms with Crippen molar-refractivity contribution < 1.29 is 14.3 Å². The molecule has 1 saturated heterocycles. The SMILES string of the molecule is CC(=O)C(C)C1COC(C)(C)O1. The highest BCUT2D eigenvalue weighted by Crippen LogP contribution is 2.26. The molecule has 0 N–H and O–H groups in total. The zero-order valence-electron chi connectivity index (χ0n) is 8.09. The standard InChI is InChI=1S/C9H16O3/c1-6(7(2)10)8-5-11-9(3,4)12-8/h6,8H,5H2,1-4H3. The van der Waals surface area contributed by atoms with E-state index in [1.54, 1.807) is 6.92 Å². The van der Waals surface area contributed by atoms with Gasteiger partial charge in [0.05, 0.1) is 12.7 Å². The highest BCUT2D eigenvalue weighted by molar-refractivity contribution is 5.78. The van der Waals surface area contributed by atoms with E-state index in [9.17, 15) is 4.79 Å². The predicted octanol–water partition coefficient (Wildman–Crippen LogP) is 1.36. The highest BCUT2D eigenvalue weighted by Gasteiger charge is 2.36. The van der Waals surface area contributed by atoms with Crippen molar-refractivity contribution in [2.75, 3.05) is 6.61 Å². The number of carbonyl (C=O) groups excluding carboxylic acids is 1. The van der Waals surface area contributed by atoms with Crippen molar-refractivity contribution in [2.45, 2.75) is 39.6 Å². The van der Waals surface area contributed by atoms with E-state index in [4.69, 9.17) is 9.47 Å². The minimum absolute atomic E-state index is 0.0632. The van der Waals surface area contributed by atoms with Gasteiger partial charge in [0.15, 0.2) is 5.79 Å². The summed E-state index contributed by atoms with van der Waals surface area (Å²) in [5.41, 5.74) is 0. The Morgan fingerprint density at radius 1 is 1.58 bits per heavy atom. The van der Waals surface area contributed by atoms with Gasteiger partial charge in [-0.05, 0) is 20.8 Å². The molecule has 0 aromatic heterocycles. The van der Waals surface area contributed by atoms with Crippen LogP contribution in [0.5, 0.6) is 0 Å². The molecule has 3 nitrogen and oxygen atoms in total. The summed E-state index contributed by atoms with van der Waals surface area (Å²) in [6, 6.07) is 0. The second-order valence-electron chi connectivity index (χ2n) is 3.77. The van der Waals surface area contributed by atoms with Crippen molar-refractivity contribution >= 4 is 5.78 Å². The van der Waals surface area contributed by atoms with Gasteiger partial charge in [0.2, 0.25) is 0 Å². The van der Waals surface area contributed by atoms with Gasteiger partial charge >= 0.3 is 0 Å². The number of carbonyl (C=O) groups is 1. The maximum Gasteiger partial charge on any atom is 0.163 e. The summed E-state index contributed by atoms with van der Waals surface area (Å²) < 4.78 is 10.9. The fourth-order valence-electron chi connectivity index (χ4n) is 1.22. The van der Waals surface area contributed by atoms with Crippen LogP contribution in [0.3, 0.4) is 0 Å². The summed E-state index contributed by atoms with van der Waals surface area (Å²) in [4.78, 5) is 11.0. The van der Waals surface area contributed by atoms with Crippen LogP contribution in [0.1, 0.15) is 27.7 Å². The maximum atomic E-state index is 11.0. The molecule has 1 aliphatic rings. The zero-order valence-corrected chi connectivity index (χ0v) is 8.09. The molecule has 2 unspecified atom stereocenters. The third kappa shape index (κ3) is 2.05. The second-order valence-corrected chi connectivity index (χ2v) is 3.77. The monoisotopic (exact) mass is 172 g/mol. The van der Waals surface area contributed by atoms with E-state index in [1.165, 1.54) is 0 Å². The lowest BCUT2D eigenvalue weighted by molar-refractivity contribution is -0.148. The zero-order chi connectivity index (χ0) is 9.35. The summed E-state index contributed by atoms with van der Waals surface area (Å²) in [6.45, 7) is 7.70. The Kier molecular flexibility index (Phi) is 2.54. The first-order chi connectivity index (χ1) is 5.42. The Labute approximate surface area is 73.0 Å². The van der Waals surface area contributed by atoms with Gasteiger partial charge in [-0.15, -0.1) is 0 Å². The van der Waals surface area contributed by atoms with E-state index in [2.05, 4.69) is 0 Å². The van der Waals surface area contributed by atoms with Gasteiger partial charge in [0.1, 0.15) is 5.78 Å². The molecular formula is C9H16O3. The molecule has 2 atom stereocenters. The Morgan fingerprint density at radius 2 is 2.17 bits per heavy atom. The fourth-order valence-corrected chi connectivity index (χ4v) is 1.22. The van der Waals surface area contributed by atoms with E-state index in [1.807, 2.05) is 20.8 Å². The fraction of sp³-hybridized carbons (Fsp3) is 0.889. The second kappa shape index (κ2) is 3.15. The highest BCUT2D eigenvalue weighted by atomic mass is 16.7. The van der Waals surface area contributed by atoms with Crippen molar-refractivity contribution in [1.29, 1.82) is 0 Å². The van der Waals surface area contributed by atoms with Gasteiger partial charge in [-0.3, -0.25) is 4.79 Å². The molecule has 0 spiro atoms. The number of rotatable bonds is 2. The molecule has 70 valence electrons. The van der Waals surface area contributed by atoms with Gasteiger partial charge in [-0.2, -0.15) is 0 Å². The minimum atomic E-state index is -0.519. The number of hydrogen-bond acceptors (Lipinski definition) is 3. The molecule has 0 saturated carbocycles. The number of ether oxygens (including phenoxy) is 2. The topological polar surface area (TPSA) is 35.5 Å². The third-order valence-corrected chi connectivity index (χ3v) is 2.23. The maximum absolute atomic E-state index is 11.0. The Balaban J connectivity index is 2.52. The number of hydrogen-bond donors (Lipinski definition) is 0. The molecule has 12 heavy (non-hydrogen) atoms. The van der Waals surface area contributed by atoms with Crippen LogP contribution in [0.2, 0.25) is 0 Å². The summed E-state index contributed by atoms with van der Waals surface area (Å²) in [5.74, 6) is -0.429. The molecule has 0 aromatic rings. The Morgan fingerprint density at radius 3 is 2.50 bits per heavy atom. The average molecular weight is 172 g/mol. The van der Waals surface area contributed by atoms with Crippen LogP contribution in [-0.2, 0) is 14.3 Å². The van der Waals surface area contributed by atoms with Crippen molar-refractivity contribution in [3.63, 3.8) is 0 Å². The molecule has 0 aromatic carbocycles. The van der Waals surface area contributed by atoms with Crippen molar-refractivity contribution in [3.05, 3.63) is 0 Å². The molecular weight excluding hydrogens is 156 g/mol. The van der Waals surface area contributed by atoms with Gasteiger partial charge in [0.25, 0.3) is 0 Å². The van der Waals surface area contributed by atoms with E-state index in [0.29, 0.717) is 6.61 Å². The smallest absolute Gasteiger partial charge is 0.163 e. The summed E-state index contributed by atoms with van der Waals surface area (Å²) in [7, 11) is 0. The lowest BCUT2D eigenvalue weighted by atomic mass is 10.0. The van der Waals surface area contributed by atoms with Crippen LogP contribution in [0.4, 0.5) is 0 Å². The van der Waals surface area contributed by atoms with Crippen molar-refractivity contribution in [1.82, 2.24) is 0 Å². The van der Waals surface area contributed by atoms with Crippen molar-refractivity contribution in [2.24, 2.45) is 5.92 Å².